The van der Waals surface area contributed by atoms with Crippen LogP contribution in [0, 0.1) is 0 Å². The Morgan fingerprint density at radius 1 is 0.917 bits per heavy atom. The third-order valence-electron chi connectivity index (χ3n) is 4.90. The van der Waals surface area contributed by atoms with Gasteiger partial charge in [0.2, 0.25) is 0 Å². The zero-order valence-corrected chi connectivity index (χ0v) is 15.1. The number of anilines is 1. The second kappa shape index (κ2) is 6.23. The first kappa shape index (κ1) is 17.0. The topological polar surface area (TPSA) is 34.6 Å². The molecular formula is C19H25BN2O2. The average molecular weight is 324 g/mol. The van der Waals surface area contributed by atoms with Crippen molar-refractivity contribution in [1.82, 2.24) is 4.98 Å². The number of hydrogen-bond acceptors (Lipinski definition) is 4. The van der Waals surface area contributed by atoms with E-state index in [9.17, 15) is 0 Å². The van der Waals surface area contributed by atoms with Crippen molar-refractivity contribution in [2.75, 3.05) is 11.9 Å². The molecule has 0 unspecified atom stereocenters. The molecule has 1 aromatic heterocycles. The van der Waals surface area contributed by atoms with E-state index in [1.54, 1.807) is 0 Å². The van der Waals surface area contributed by atoms with Crippen LogP contribution in [0.2, 0.25) is 0 Å². The molecule has 1 aliphatic heterocycles. The fourth-order valence-corrected chi connectivity index (χ4v) is 2.69. The monoisotopic (exact) mass is 324 g/mol. The molecule has 0 N–H and O–H groups in total. The molecule has 2 heterocycles. The molecule has 1 aromatic carbocycles. The smallest absolute Gasteiger partial charge is 0.398 e. The summed E-state index contributed by atoms with van der Waals surface area (Å²) >= 11 is 0. The van der Waals surface area contributed by atoms with Crippen molar-refractivity contribution in [3.63, 3.8) is 0 Å². The van der Waals surface area contributed by atoms with Gasteiger partial charge in [0.05, 0.1) is 16.8 Å². The van der Waals surface area contributed by atoms with Gasteiger partial charge < -0.3 is 14.2 Å². The van der Waals surface area contributed by atoms with Gasteiger partial charge in [-0.3, -0.25) is 0 Å². The van der Waals surface area contributed by atoms with Crippen molar-refractivity contribution in [2.24, 2.45) is 0 Å². The summed E-state index contributed by atoms with van der Waals surface area (Å²) in [4.78, 5) is 6.89. The van der Waals surface area contributed by atoms with Crippen molar-refractivity contribution in [1.29, 1.82) is 0 Å². The van der Waals surface area contributed by atoms with Crippen LogP contribution in [-0.4, -0.2) is 30.4 Å². The van der Waals surface area contributed by atoms with Crippen LogP contribution in [0.25, 0.3) is 0 Å². The van der Waals surface area contributed by atoms with E-state index in [-0.39, 0.29) is 11.2 Å². The molecular weight excluding hydrogens is 299 g/mol. The first-order valence-corrected chi connectivity index (χ1v) is 8.36. The molecule has 0 bridgehead atoms. The molecule has 0 saturated carbocycles. The molecule has 4 nitrogen and oxygen atoms in total. The molecule has 24 heavy (non-hydrogen) atoms. The van der Waals surface area contributed by atoms with E-state index in [4.69, 9.17) is 14.3 Å². The largest absolute Gasteiger partial charge is 0.514 e. The Bertz CT molecular complexity index is 688. The molecule has 1 saturated heterocycles. The minimum atomic E-state index is -0.430. The summed E-state index contributed by atoms with van der Waals surface area (Å²) in [6, 6.07) is 16.3. The lowest BCUT2D eigenvalue weighted by Gasteiger charge is -2.32. The molecule has 3 rings (SSSR count). The Labute approximate surface area is 145 Å². The van der Waals surface area contributed by atoms with Crippen LogP contribution in [0.1, 0.15) is 33.3 Å². The maximum absolute atomic E-state index is 6.10. The van der Waals surface area contributed by atoms with Crippen molar-refractivity contribution in [3.8, 4) is 0 Å². The Morgan fingerprint density at radius 3 is 2.17 bits per heavy atom. The summed E-state index contributed by atoms with van der Waals surface area (Å²) < 4.78 is 12.2. The Morgan fingerprint density at radius 2 is 1.54 bits per heavy atom. The van der Waals surface area contributed by atoms with Gasteiger partial charge in [-0.1, -0.05) is 36.4 Å². The first-order valence-electron chi connectivity index (χ1n) is 8.36. The van der Waals surface area contributed by atoms with E-state index in [0.29, 0.717) is 0 Å². The highest BCUT2D eigenvalue weighted by atomic mass is 16.7. The van der Waals surface area contributed by atoms with Gasteiger partial charge in [0.1, 0.15) is 5.82 Å². The van der Waals surface area contributed by atoms with Crippen LogP contribution in [0.5, 0.6) is 0 Å². The lowest BCUT2D eigenvalue weighted by Crippen LogP contribution is -2.41. The summed E-state index contributed by atoms with van der Waals surface area (Å²) in [6.45, 7) is 9.02. The van der Waals surface area contributed by atoms with Crippen molar-refractivity contribution < 1.29 is 9.31 Å². The van der Waals surface area contributed by atoms with Gasteiger partial charge in [-0.2, -0.15) is 0 Å². The summed E-state index contributed by atoms with van der Waals surface area (Å²) in [5.74, 6) is 0.908. The summed E-state index contributed by atoms with van der Waals surface area (Å²) in [6.07, 6.45) is 0. The third kappa shape index (κ3) is 3.33. The highest BCUT2D eigenvalue weighted by Crippen LogP contribution is 2.36. The fourth-order valence-electron chi connectivity index (χ4n) is 2.69. The number of nitrogens with zero attached hydrogens (tertiary/aromatic N) is 2. The number of hydrogen-bond donors (Lipinski definition) is 0. The number of rotatable bonds is 4. The number of pyridine rings is 1. The van der Waals surface area contributed by atoms with Gasteiger partial charge in [-0.25, -0.2) is 4.98 Å². The second-order valence-electron chi connectivity index (χ2n) is 7.35. The van der Waals surface area contributed by atoms with E-state index in [1.165, 1.54) is 5.56 Å². The van der Waals surface area contributed by atoms with E-state index in [0.717, 1.165) is 18.0 Å². The molecule has 0 atom stereocenters. The molecule has 126 valence electrons. The SMILES string of the molecule is CN(Cc1ccccc1)c1cccc(B2OC(C)(C)C(C)(C)O2)n1. The number of benzene rings is 1. The molecule has 2 aromatic rings. The summed E-state index contributed by atoms with van der Waals surface area (Å²) in [7, 11) is 1.61. The van der Waals surface area contributed by atoms with E-state index >= 15 is 0 Å². The van der Waals surface area contributed by atoms with Crippen molar-refractivity contribution >= 4 is 18.5 Å². The molecule has 0 amide bonds. The normalized spacial score (nSPS) is 18.6. The van der Waals surface area contributed by atoms with Gasteiger partial charge in [0.25, 0.3) is 0 Å². The van der Waals surface area contributed by atoms with Gasteiger partial charge in [-0.05, 0) is 45.4 Å². The van der Waals surface area contributed by atoms with Crippen LogP contribution in [0.15, 0.2) is 48.5 Å². The van der Waals surface area contributed by atoms with Crippen LogP contribution in [-0.2, 0) is 15.9 Å². The van der Waals surface area contributed by atoms with Crippen molar-refractivity contribution in [3.05, 3.63) is 54.1 Å². The maximum Gasteiger partial charge on any atom is 0.514 e. The van der Waals surface area contributed by atoms with E-state index in [2.05, 4.69) is 56.9 Å². The minimum Gasteiger partial charge on any atom is -0.398 e. The minimum absolute atomic E-state index is 0.356. The quantitative estimate of drug-likeness (QED) is 0.810. The third-order valence-corrected chi connectivity index (χ3v) is 4.90. The lowest BCUT2D eigenvalue weighted by atomic mass is 9.84. The highest BCUT2D eigenvalue weighted by Gasteiger charge is 2.52. The molecule has 1 fully saturated rings. The Hall–Kier alpha value is -1.85. The lowest BCUT2D eigenvalue weighted by molar-refractivity contribution is 0.00578. The highest BCUT2D eigenvalue weighted by molar-refractivity contribution is 6.61. The van der Waals surface area contributed by atoms with Crippen LogP contribution < -0.4 is 10.5 Å². The Balaban J connectivity index is 1.78. The number of aromatic nitrogens is 1. The maximum atomic E-state index is 6.10. The zero-order valence-electron chi connectivity index (χ0n) is 15.1. The zero-order chi connectivity index (χ0) is 17.4. The van der Waals surface area contributed by atoms with Gasteiger partial charge in [-0.15, -0.1) is 0 Å². The van der Waals surface area contributed by atoms with Crippen LogP contribution >= 0.6 is 0 Å². The summed E-state index contributed by atoms with van der Waals surface area (Å²) in [5.41, 5.74) is 1.35. The van der Waals surface area contributed by atoms with E-state index < -0.39 is 7.12 Å². The Kier molecular flexibility index (Phi) is 4.41. The fraction of sp³-hybridized carbons (Fsp3) is 0.421. The standard InChI is InChI=1S/C19H25BN2O2/c1-18(2)19(3,4)24-20(23-18)16-12-9-13-17(21-16)22(5)14-15-10-7-6-8-11-15/h6-13H,14H2,1-5H3. The van der Waals surface area contributed by atoms with Crippen LogP contribution in [0.4, 0.5) is 5.82 Å². The van der Waals surface area contributed by atoms with E-state index in [1.807, 2.05) is 31.3 Å². The predicted octanol–water partition coefficient (Wildman–Crippen LogP) is 3.02. The van der Waals surface area contributed by atoms with Crippen LogP contribution in [0.3, 0.4) is 0 Å². The molecule has 0 spiro atoms. The van der Waals surface area contributed by atoms with Gasteiger partial charge in [0.15, 0.2) is 0 Å². The molecule has 5 heteroatoms. The van der Waals surface area contributed by atoms with Gasteiger partial charge in [0, 0.05) is 13.6 Å². The molecule has 0 radical (unpaired) electrons. The molecule has 1 aliphatic rings. The average Bonchev–Trinajstić information content (AvgIpc) is 2.76. The second-order valence-corrected chi connectivity index (χ2v) is 7.35. The first-order chi connectivity index (χ1) is 11.3. The summed E-state index contributed by atoms with van der Waals surface area (Å²) in [5, 5.41) is 0. The van der Waals surface area contributed by atoms with Crippen molar-refractivity contribution in [2.45, 2.75) is 45.4 Å². The van der Waals surface area contributed by atoms with Gasteiger partial charge >= 0.3 is 7.12 Å². The molecule has 0 aliphatic carbocycles. The predicted molar refractivity (Wildman–Crippen MR) is 98.5 cm³/mol.